The van der Waals surface area contributed by atoms with Gasteiger partial charge < -0.3 is 30.2 Å². The second kappa shape index (κ2) is 8.93. The number of nitrogens with one attached hydrogen (secondary N) is 2. The zero-order chi connectivity index (χ0) is 17.4. The zero-order valence-corrected chi connectivity index (χ0v) is 12.6. The summed E-state index contributed by atoms with van der Waals surface area (Å²) in [7, 11) is 0. The van der Waals surface area contributed by atoms with Crippen molar-refractivity contribution in [2.45, 2.75) is 24.9 Å². The van der Waals surface area contributed by atoms with Crippen molar-refractivity contribution >= 4 is 17.9 Å². The summed E-state index contributed by atoms with van der Waals surface area (Å²) in [4.78, 5) is 0. The number of hydrogen-bond acceptors (Lipinski definition) is 10. The van der Waals surface area contributed by atoms with Gasteiger partial charge in [0.25, 0.3) is 0 Å². The molecular formula is C14H19N5O5. The third-order valence-corrected chi connectivity index (χ3v) is 3.00. The van der Waals surface area contributed by atoms with E-state index in [1.807, 2.05) is 30.3 Å². The molecule has 3 atom stereocenters. The molecule has 0 aliphatic carbocycles. The largest absolute Gasteiger partial charge is 0.405 e. The molecule has 0 spiro atoms. The standard InChI is InChI=1S/C14H19N5O5/c20-8-11(22)13(23)10(21)6-16-18-14-19-17-12(24-14)7-15-9-4-2-1-3-5-9/h1-6,10-11,13,15,20-23H,7-8H2,(H,18,19)/b16-6-/t10-,11-,13+/m1/s1. The fourth-order valence-corrected chi connectivity index (χ4v) is 1.70. The molecule has 10 nitrogen and oxygen atoms in total. The third-order valence-electron chi connectivity index (χ3n) is 3.00. The number of aliphatic hydroxyl groups excluding tert-OH is 4. The van der Waals surface area contributed by atoms with Crippen molar-refractivity contribution in [2.24, 2.45) is 5.10 Å². The molecule has 1 heterocycles. The first-order valence-electron chi connectivity index (χ1n) is 7.15. The van der Waals surface area contributed by atoms with Crippen molar-refractivity contribution < 1.29 is 24.8 Å². The van der Waals surface area contributed by atoms with Gasteiger partial charge in [-0.15, -0.1) is 5.10 Å². The van der Waals surface area contributed by atoms with E-state index in [4.69, 9.17) is 9.52 Å². The van der Waals surface area contributed by atoms with Crippen molar-refractivity contribution in [1.82, 2.24) is 10.2 Å². The first kappa shape index (κ1) is 17.8. The molecule has 0 saturated heterocycles. The summed E-state index contributed by atoms with van der Waals surface area (Å²) in [6.07, 6.45) is -3.56. The second-order valence-corrected chi connectivity index (χ2v) is 4.84. The Morgan fingerprint density at radius 1 is 1.17 bits per heavy atom. The van der Waals surface area contributed by atoms with Crippen LogP contribution in [0.4, 0.5) is 11.7 Å². The van der Waals surface area contributed by atoms with Gasteiger partial charge >= 0.3 is 6.01 Å². The average Bonchev–Trinajstić information content (AvgIpc) is 3.07. The maximum absolute atomic E-state index is 9.53. The molecule has 10 heteroatoms. The average molecular weight is 337 g/mol. The van der Waals surface area contributed by atoms with Gasteiger partial charge in [0.2, 0.25) is 5.89 Å². The lowest BCUT2D eigenvalue weighted by atomic mass is 10.1. The minimum Gasteiger partial charge on any atom is -0.405 e. The smallest absolute Gasteiger partial charge is 0.336 e. The van der Waals surface area contributed by atoms with Crippen LogP contribution in [0, 0.1) is 0 Å². The predicted octanol–water partition coefficient (Wildman–Crippen LogP) is -0.846. The molecule has 1 aromatic carbocycles. The second-order valence-electron chi connectivity index (χ2n) is 4.84. The number of anilines is 2. The van der Waals surface area contributed by atoms with E-state index in [9.17, 15) is 15.3 Å². The van der Waals surface area contributed by atoms with Crippen molar-refractivity contribution in [3.05, 3.63) is 36.2 Å². The number of hydrogen-bond donors (Lipinski definition) is 6. The predicted molar refractivity (Wildman–Crippen MR) is 85.3 cm³/mol. The highest BCUT2D eigenvalue weighted by Gasteiger charge is 2.22. The van der Waals surface area contributed by atoms with Crippen molar-refractivity contribution in [3.8, 4) is 0 Å². The van der Waals surface area contributed by atoms with Gasteiger partial charge in [-0.25, -0.2) is 5.43 Å². The molecule has 0 bridgehead atoms. The van der Waals surface area contributed by atoms with Crippen LogP contribution in [-0.2, 0) is 6.54 Å². The summed E-state index contributed by atoms with van der Waals surface area (Å²) < 4.78 is 5.27. The van der Waals surface area contributed by atoms with Gasteiger partial charge in [-0.3, -0.25) is 0 Å². The zero-order valence-electron chi connectivity index (χ0n) is 12.6. The lowest BCUT2D eigenvalue weighted by Gasteiger charge is -2.17. The van der Waals surface area contributed by atoms with Gasteiger partial charge in [-0.2, -0.15) is 5.10 Å². The van der Waals surface area contributed by atoms with Gasteiger partial charge in [0.1, 0.15) is 18.3 Å². The van der Waals surface area contributed by atoms with Gasteiger partial charge in [0, 0.05) is 5.69 Å². The molecule has 0 radical (unpaired) electrons. The van der Waals surface area contributed by atoms with E-state index in [0.29, 0.717) is 12.4 Å². The summed E-state index contributed by atoms with van der Waals surface area (Å²) in [5, 5.41) is 51.0. The SMILES string of the molecule is OC[C@@H](O)[C@@H](O)[C@H](O)/C=N\Nc1nnc(CNc2ccccc2)o1. The number of aliphatic hydroxyl groups is 4. The van der Waals surface area contributed by atoms with Crippen molar-refractivity contribution in [2.75, 3.05) is 17.3 Å². The minimum atomic E-state index is -1.56. The van der Waals surface area contributed by atoms with E-state index in [1.54, 1.807) is 0 Å². The highest BCUT2D eigenvalue weighted by Crippen LogP contribution is 2.10. The topological polar surface area (TPSA) is 156 Å². The number of aromatic nitrogens is 2. The van der Waals surface area contributed by atoms with E-state index in [0.717, 1.165) is 11.9 Å². The third kappa shape index (κ3) is 5.28. The molecule has 2 aromatic rings. The molecule has 0 aliphatic heterocycles. The first-order chi connectivity index (χ1) is 11.6. The number of rotatable bonds is 9. The van der Waals surface area contributed by atoms with E-state index < -0.39 is 24.9 Å². The molecule has 24 heavy (non-hydrogen) atoms. The Hall–Kier alpha value is -2.53. The van der Waals surface area contributed by atoms with Crippen LogP contribution in [0.1, 0.15) is 5.89 Å². The van der Waals surface area contributed by atoms with Crippen LogP contribution in [0.15, 0.2) is 39.9 Å². The van der Waals surface area contributed by atoms with E-state index in [-0.39, 0.29) is 6.01 Å². The molecule has 1 aromatic heterocycles. The monoisotopic (exact) mass is 337 g/mol. The van der Waals surface area contributed by atoms with E-state index in [1.165, 1.54) is 0 Å². The Balaban J connectivity index is 1.80. The van der Waals surface area contributed by atoms with Crippen molar-refractivity contribution in [1.29, 1.82) is 0 Å². The normalized spacial score (nSPS) is 15.2. The van der Waals surface area contributed by atoms with E-state index >= 15 is 0 Å². The lowest BCUT2D eigenvalue weighted by molar-refractivity contribution is -0.0541. The van der Waals surface area contributed by atoms with Crippen molar-refractivity contribution in [3.63, 3.8) is 0 Å². The number of para-hydroxylation sites is 1. The number of hydrazone groups is 1. The molecule has 0 unspecified atom stereocenters. The van der Waals surface area contributed by atoms with Crippen LogP contribution < -0.4 is 10.7 Å². The molecule has 130 valence electrons. The van der Waals surface area contributed by atoms with Gasteiger partial charge in [0.15, 0.2) is 0 Å². The van der Waals surface area contributed by atoms with Gasteiger partial charge in [0.05, 0.1) is 19.4 Å². The van der Waals surface area contributed by atoms with Gasteiger partial charge in [-0.1, -0.05) is 23.3 Å². The molecule has 0 aliphatic rings. The summed E-state index contributed by atoms with van der Waals surface area (Å²) in [5.74, 6) is 0.327. The fraction of sp³-hybridized carbons (Fsp3) is 0.357. The van der Waals surface area contributed by atoms with Crippen LogP contribution in [0.3, 0.4) is 0 Å². The molecule has 0 amide bonds. The maximum Gasteiger partial charge on any atom is 0.336 e. The maximum atomic E-state index is 9.53. The Kier molecular flexibility index (Phi) is 6.63. The fourth-order valence-electron chi connectivity index (χ4n) is 1.70. The summed E-state index contributed by atoms with van der Waals surface area (Å²) in [6.45, 7) is -0.354. The Bertz CT molecular complexity index is 635. The first-order valence-corrected chi connectivity index (χ1v) is 7.15. The van der Waals surface area contributed by atoms with Crippen LogP contribution in [0.5, 0.6) is 0 Å². The lowest BCUT2D eigenvalue weighted by Crippen LogP contribution is -2.40. The highest BCUT2D eigenvalue weighted by atomic mass is 16.4. The molecule has 2 rings (SSSR count). The van der Waals surface area contributed by atoms with Crippen LogP contribution in [0.2, 0.25) is 0 Å². The molecule has 6 N–H and O–H groups in total. The number of benzene rings is 1. The summed E-state index contributed by atoms with van der Waals surface area (Å²) in [5.41, 5.74) is 3.30. The van der Waals surface area contributed by atoms with Crippen LogP contribution >= 0.6 is 0 Å². The Labute approximate surface area is 137 Å². The highest BCUT2D eigenvalue weighted by molar-refractivity contribution is 5.64. The van der Waals surface area contributed by atoms with Crippen LogP contribution in [0.25, 0.3) is 0 Å². The summed E-state index contributed by atoms with van der Waals surface area (Å²) in [6, 6.07) is 9.49. The van der Waals surface area contributed by atoms with Crippen LogP contribution in [-0.4, -0.2) is 61.8 Å². The quantitative estimate of drug-likeness (QED) is 0.253. The van der Waals surface area contributed by atoms with Gasteiger partial charge in [-0.05, 0) is 12.1 Å². The van der Waals surface area contributed by atoms with E-state index in [2.05, 4.69) is 26.0 Å². The molecular weight excluding hydrogens is 318 g/mol. The number of nitrogens with zero attached hydrogens (tertiary/aromatic N) is 3. The Morgan fingerprint density at radius 3 is 2.62 bits per heavy atom. The Morgan fingerprint density at radius 2 is 1.92 bits per heavy atom. The summed E-state index contributed by atoms with van der Waals surface area (Å²) >= 11 is 0. The molecule has 0 saturated carbocycles. The molecule has 0 fully saturated rings. The minimum absolute atomic E-state index is 0.000470.